The Morgan fingerprint density at radius 3 is 1.14 bits per heavy atom. The Morgan fingerprint density at radius 1 is 0.857 bits per heavy atom. The van der Waals surface area contributed by atoms with Crippen LogP contribution in [-0.2, 0) is 0 Å². The fraction of sp³-hybridized carbons (Fsp3) is 1.00. The molecule has 2 heteroatoms. The predicted octanol–water partition coefficient (Wildman–Crippen LogP) is 0.899. The van der Waals surface area contributed by atoms with Crippen molar-refractivity contribution < 1.29 is 0 Å². The molecule has 0 aromatic heterocycles. The first-order chi connectivity index (χ1) is 2.41. The first-order valence-corrected chi connectivity index (χ1v) is 2.41. The van der Waals surface area contributed by atoms with Gasteiger partial charge in [-0.3, -0.25) is 0 Å². The summed E-state index contributed by atoms with van der Waals surface area (Å²) in [6, 6.07) is 0. The molecular formula is C5H14Li2. The van der Waals surface area contributed by atoms with E-state index >= 15 is 0 Å². The van der Waals surface area contributed by atoms with Crippen molar-refractivity contribution in [3.8, 4) is 0 Å². The Labute approximate surface area is 70.8 Å². The van der Waals surface area contributed by atoms with E-state index in [0.29, 0.717) is 0 Å². The van der Waals surface area contributed by atoms with E-state index in [9.17, 15) is 0 Å². The average Bonchev–Trinajstić information content (AvgIpc) is 1.41. The molecule has 0 amide bonds. The maximum absolute atomic E-state index is 2.21. The van der Waals surface area contributed by atoms with Crippen LogP contribution in [-0.4, -0.2) is 37.7 Å². The van der Waals surface area contributed by atoms with E-state index in [2.05, 4.69) is 13.8 Å². The zero-order valence-electron chi connectivity index (χ0n) is 4.12. The Bertz CT molecular complexity index is 13.6. The molecule has 0 unspecified atom stereocenters. The van der Waals surface area contributed by atoms with Crippen LogP contribution in [0.25, 0.3) is 0 Å². The Kier molecular flexibility index (Phi) is 35.2. The van der Waals surface area contributed by atoms with Crippen LogP contribution < -0.4 is 0 Å². The van der Waals surface area contributed by atoms with Crippen LogP contribution in [0.3, 0.4) is 0 Å². The van der Waals surface area contributed by atoms with Gasteiger partial charge in [-0.25, -0.2) is 0 Å². The summed E-state index contributed by atoms with van der Waals surface area (Å²) in [7, 11) is 0. The molecule has 7 heavy (non-hydrogen) atoms. The molecule has 0 N–H and O–H groups in total. The quantitative estimate of drug-likeness (QED) is 0.440. The second-order valence-corrected chi connectivity index (χ2v) is 1.35. The van der Waals surface area contributed by atoms with Gasteiger partial charge in [-0.15, -0.1) is 0 Å². The van der Waals surface area contributed by atoms with Crippen LogP contribution in [0.1, 0.15) is 33.1 Å². The van der Waals surface area contributed by atoms with E-state index in [1.807, 2.05) is 0 Å². The van der Waals surface area contributed by atoms with Crippen LogP contribution in [0.4, 0.5) is 0 Å². The van der Waals surface area contributed by atoms with Gasteiger partial charge in [0.1, 0.15) is 0 Å². The van der Waals surface area contributed by atoms with Crippen molar-refractivity contribution in [2.24, 2.45) is 0 Å². The molecule has 0 nitrogen and oxygen atoms in total. The fourth-order valence-corrected chi connectivity index (χ4v) is 0.354. The average molecular weight is 88.0 g/mol. The first kappa shape index (κ1) is 15.7. The summed E-state index contributed by atoms with van der Waals surface area (Å²) in [5, 5.41) is 0. The third-order valence-electron chi connectivity index (χ3n) is 0.707. The molecule has 36 valence electrons. The molecule has 0 aromatic rings. The van der Waals surface area contributed by atoms with E-state index < -0.39 is 0 Å². The zero-order chi connectivity index (χ0) is 4.12. The van der Waals surface area contributed by atoms with Crippen molar-refractivity contribution in [2.75, 3.05) is 0 Å². The Hall–Kier alpha value is 1.19. The third kappa shape index (κ3) is 19.0. The second-order valence-electron chi connectivity index (χ2n) is 1.35. The zero-order valence-corrected chi connectivity index (χ0v) is 4.12. The molecule has 0 aliphatic heterocycles. The van der Waals surface area contributed by atoms with Gasteiger partial charge in [-0.2, -0.15) is 0 Å². The molecule has 0 radical (unpaired) electrons. The Balaban J connectivity index is -0.0000000800. The van der Waals surface area contributed by atoms with E-state index in [1.165, 1.54) is 19.3 Å². The molecule has 0 aliphatic rings. The van der Waals surface area contributed by atoms with Gasteiger partial charge in [0.05, 0.1) is 0 Å². The summed E-state index contributed by atoms with van der Waals surface area (Å²) < 4.78 is 0. The third-order valence-corrected chi connectivity index (χ3v) is 0.707. The van der Waals surface area contributed by atoms with Gasteiger partial charge >= 0.3 is 37.7 Å². The molecule has 0 fully saturated rings. The molecule has 0 aromatic carbocycles. The van der Waals surface area contributed by atoms with Crippen molar-refractivity contribution in [2.45, 2.75) is 33.1 Å². The predicted molar refractivity (Wildman–Crippen MR) is 39.5 cm³/mol. The van der Waals surface area contributed by atoms with E-state index in [-0.39, 0.29) is 37.7 Å². The summed E-state index contributed by atoms with van der Waals surface area (Å²) in [4.78, 5) is 0. The maximum atomic E-state index is 2.21. The van der Waals surface area contributed by atoms with E-state index in [1.54, 1.807) is 0 Å². The fourth-order valence-electron chi connectivity index (χ4n) is 0.354. The Morgan fingerprint density at radius 2 is 1.14 bits per heavy atom. The number of hydrogen-bond acceptors (Lipinski definition) is 0. The van der Waals surface area contributed by atoms with Gasteiger partial charge in [-0.05, 0) is 0 Å². The van der Waals surface area contributed by atoms with E-state index in [0.717, 1.165) is 0 Å². The summed E-state index contributed by atoms with van der Waals surface area (Å²) in [6.07, 6.45) is 4.08. The number of unbranched alkanes of at least 4 members (excludes halogenated alkanes) is 2. The molecule has 0 spiro atoms. The summed E-state index contributed by atoms with van der Waals surface area (Å²) in [5.41, 5.74) is 0. The minimum atomic E-state index is 0. The molecule has 0 aliphatic carbocycles. The number of hydrogen-bond donors (Lipinski definition) is 0. The number of rotatable bonds is 2. The van der Waals surface area contributed by atoms with Gasteiger partial charge in [0.15, 0.2) is 0 Å². The van der Waals surface area contributed by atoms with Gasteiger partial charge in [0.2, 0.25) is 0 Å². The molecular weight excluding hydrogens is 73.9 g/mol. The molecule has 0 heterocycles. The summed E-state index contributed by atoms with van der Waals surface area (Å²) in [5.74, 6) is 0. The second kappa shape index (κ2) is 15.7. The van der Waals surface area contributed by atoms with Crippen LogP contribution in [0.2, 0.25) is 0 Å². The van der Waals surface area contributed by atoms with Crippen molar-refractivity contribution in [1.82, 2.24) is 0 Å². The molecule has 0 bridgehead atoms. The van der Waals surface area contributed by atoms with Crippen LogP contribution in [0, 0.1) is 0 Å². The SMILES string of the molecule is CCCCC.[LiH].[LiH]. The molecule has 0 rings (SSSR count). The van der Waals surface area contributed by atoms with Gasteiger partial charge in [0, 0.05) is 0 Å². The van der Waals surface area contributed by atoms with Crippen molar-refractivity contribution in [3.63, 3.8) is 0 Å². The summed E-state index contributed by atoms with van der Waals surface area (Å²) >= 11 is 0. The van der Waals surface area contributed by atoms with Gasteiger partial charge < -0.3 is 0 Å². The van der Waals surface area contributed by atoms with Crippen LogP contribution >= 0.6 is 0 Å². The van der Waals surface area contributed by atoms with Gasteiger partial charge in [-0.1, -0.05) is 33.1 Å². The van der Waals surface area contributed by atoms with Crippen LogP contribution in [0.5, 0.6) is 0 Å². The minimum absolute atomic E-state index is 0. The summed E-state index contributed by atoms with van der Waals surface area (Å²) in [6.45, 7) is 4.42. The van der Waals surface area contributed by atoms with Crippen molar-refractivity contribution in [3.05, 3.63) is 0 Å². The topological polar surface area (TPSA) is 0 Å². The van der Waals surface area contributed by atoms with Gasteiger partial charge in [0.25, 0.3) is 0 Å². The molecule has 0 saturated heterocycles. The van der Waals surface area contributed by atoms with Crippen molar-refractivity contribution in [1.29, 1.82) is 0 Å². The standard InChI is InChI=1S/C5H12.2Li.2H/c1-3-5-4-2;;;;/h3-5H2,1-2H3;;;;. The molecule has 0 saturated carbocycles. The van der Waals surface area contributed by atoms with Crippen LogP contribution in [0.15, 0.2) is 0 Å². The first-order valence-electron chi connectivity index (χ1n) is 2.41. The van der Waals surface area contributed by atoms with E-state index in [4.69, 9.17) is 0 Å². The monoisotopic (exact) mass is 88.1 g/mol. The normalized spacial score (nSPS) is 6.00. The van der Waals surface area contributed by atoms with Crippen molar-refractivity contribution >= 4 is 37.7 Å². The molecule has 0 atom stereocenters.